The summed E-state index contributed by atoms with van der Waals surface area (Å²) < 4.78 is 5.54. The van der Waals surface area contributed by atoms with Gasteiger partial charge in [-0.2, -0.15) is 0 Å². The molecule has 0 spiro atoms. The van der Waals surface area contributed by atoms with E-state index < -0.39 is 5.97 Å². The molecule has 0 saturated carbocycles. The minimum atomic E-state index is -1.20. The Hall–Kier alpha value is -2.89. The van der Waals surface area contributed by atoms with Gasteiger partial charge in [-0.3, -0.25) is 0 Å². The van der Waals surface area contributed by atoms with Gasteiger partial charge < -0.3 is 25.2 Å². The molecular weight excluding hydrogens is 360 g/mol. The number of hydrogen-bond donors (Lipinski definition) is 4. The van der Waals surface area contributed by atoms with Crippen molar-refractivity contribution in [3.05, 3.63) is 47.0 Å². The lowest BCUT2D eigenvalue weighted by atomic mass is 9.97. The maximum atomic E-state index is 11.0. The monoisotopic (exact) mass is 388 g/mol. The van der Waals surface area contributed by atoms with E-state index in [9.17, 15) is 20.1 Å². The van der Waals surface area contributed by atoms with Crippen molar-refractivity contribution in [1.82, 2.24) is 0 Å². The number of rotatable bonds is 10. The van der Waals surface area contributed by atoms with Gasteiger partial charge in [0.25, 0.3) is 0 Å². The molecule has 0 saturated heterocycles. The number of aromatic carboxylic acids is 1. The second-order valence-corrected chi connectivity index (χ2v) is 7.16. The topological polar surface area (TPSA) is 107 Å². The van der Waals surface area contributed by atoms with Crippen molar-refractivity contribution in [3.63, 3.8) is 0 Å². The highest BCUT2D eigenvalue weighted by Gasteiger charge is 2.14. The van der Waals surface area contributed by atoms with Crippen molar-refractivity contribution in [3.8, 4) is 23.0 Å². The molecule has 0 radical (unpaired) electrons. The molecule has 0 atom stereocenters. The highest BCUT2D eigenvalue weighted by Crippen LogP contribution is 2.37. The van der Waals surface area contributed by atoms with Crippen molar-refractivity contribution in [2.24, 2.45) is 0 Å². The van der Waals surface area contributed by atoms with E-state index in [2.05, 4.69) is 0 Å². The van der Waals surface area contributed by atoms with Crippen LogP contribution in [0.15, 0.2) is 30.3 Å². The number of phenolic OH excluding ortho intramolecular Hbond substituents is 2. The Balaban J connectivity index is 1.71. The molecule has 0 heterocycles. The quantitative estimate of drug-likeness (QED) is 0.344. The number of unbranched alkanes of at least 4 members (excludes halogenated alkanes) is 3. The molecule has 2 aromatic rings. The smallest absolute Gasteiger partial charge is 0.339 e. The van der Waals surface area contributed by atoms with Crippen LogP contribution < -0.4 is 4.74 Å². The molecule has 6 nitrogen and oxygen atoms in total. The van der Waals surface area contributed by atoms with E-state index in [1.165, 1.54) is 18.2 Å². The van der Waals surface area contributed by atoms with Crippen molar-refractivity contribution in [1.29, 1.82) is 0 Å². The van der Waals surface area contributed by atoms with Crippen LogP contribution in [0, 0.1) is 0 Å². The van der Waals surface area contributed by atoms with Gasteiger partial charge in [0.2, 0.25) is 0 Å². The van der Waals surface area contributed by atoms with E-state index in [4.69, 9.17) is 9.84 Å². The summed E-state index contributed by atoms with van der Waals surface area (Å²) in [5.74, 6) is -0.943. The van der Waals surface area contributed by atoms with Gasteiger partial charge in [0.15, 0.2) is 11.5 Å². The van der Waals surface area contributed by atoms with E-state index >= 15 is 0 Å². The summed E-state index contributed by atoms with van der Waals surface area (Å²) in [6, 6.07) is 7.90. The molecule has 2 aromatic carbocycles. The first-order valence-electron chi connectivity index (χ1n) is 9.54. The van der Waals surface area contributed by atoms with E-state index in [0.29, 0.717) is 18.8 Å². The van der Waals surface area contributed by atoms with Crippen LogP contribution in [0.2, 0.25) is 0 Å². The number of aryl methyl sites for hydroxylation is 1. The first-order valence-corrected chi connectivity index (χ1v) is 9.54. The summed E-state index contributed by atoms with van der Waals surface area (Å²) >= 11 is 0. The SMILES string of the molecule is CC(C)c1ccc(CCCCCCOc2ccc(O)c(C(=O)O)c2)c(O)c1O. The van der Waals surface area contributed by atoms with Gasteiger partial charge in [0.05, 0.1) is 6.61 Å². The van der Waals surface area contributed by atoms with Gasteiger partial charge >= 0.3 is 5.97 Å². The van der Waals surface area contributed by atoms with Crippen LogP contribution in [0.1, 0.15) is 66.9 Å². The van der Waals surface area contributed by atoms with Crippen molar-refractivity contribution < 1.29 is 30.0 Å². The van der Waals surface area contributed by atoms with Crippen LogP contribution in [0.25, 0.3) is 0 Å². The van der Waals surface area contributed by atoms with E-state index in [1.807, 2.05) is 26.0 Å². The Morgan fingerprint density at radius 3 is 2.36 bits per heavy atom. The number of carboxylic acid groups (broad SMARTS) is 1. The number of ether oxygens (including phenoxy) is 1. The van der Waals surface area contributed by atoms with Crippen molar-refractivity contribution >= 4 is 5.97 Å². The van der Waals surface area contributed by atoms with Crippen LogP contribution >= 0.6 is 0 Å². The molecule has 6 heteroatoms. The third-order valence-corrected chi connectivity index (χ3v) is 4.70. The molecule has 0 aliphatic rings. The Bertz CT molecular complexity index is 813. The summed E-state index contributed by atoms with van der Waals surface area (Å²) in [5.41, 5.74) is 1.33. The molecule has 0 bridgehead atoms. The Morgan fingerprint density at radius 1 is 0.964 bits per heavy atom. The maximum Gasteiger partial charge on any atom is 0.339 e. The van der Waals surface area contributed by atoms with E-state index in [1.54, 1.807) is 0 Å². The van der Waals surface area contributed by atoms with Crippen molar-refractivity contribution in [2.45, 2.75) is 51.9 Å². The van der Waals surface area contributed by atoms with Gasteiger partial charge in [0, 0.05) is 5.56 Å². The lowest BCUT2D eigenvalue weighted by Gasteiger charge is -2.13. The molecule has 0 aliphatic carbocycles. The zero-order valence-electron chi connectivity index (χ0n) is 16.3. The summed E-state index contributed by atoms with van der Waals surface area (Å²) in [7, 11) is 0. The largest absolute Gasteiger partial charge is 0.507 e. The summed E-state index contributed by atoms with van der Waals surface area (Å²) in [6.07, 6.45) is 4.27. The third kappa shape index (κ3) is 5.55. The van der Waals surface area contributed by atoms with Crippen molar-refractivity contribution in [2.75, 3.05) is 6.61 Å². The van der Waals surface area contributed by atoms with Gasteiger partial charge in [-0.15, -0.1) is 0 Å². The number of benzene rings is 2. The predicted octanol–water partition coefficient (Wildman–Crippen LogP) is 4.81. The minimum Gasteiger partial charge on any atom is -0.507 e. The minimum absolute atomic E-state index is 0.0175. The average Bonchev–Trinajstić information content (AvgIpc) is 2.64. The molecule has 4 N–H and O–H groups in total. The molecule has 2 rings (SSSR count). The summed E-state index contributed by atoms with van der Waals surface area (Å²) in [4.78, 5) is 11.0. The molecule has 0 aromatic heterocycles. The molecule has 0 aliphatic heterocycles. The third-order valence-electron chi connectivity index (χ3n) is 4.70. The molecule has 152 valence electrons. The maximum absolute atomic E-state index is 11.0. The van der Waals surface area contributed by atoms with Gasteiger partial charge in [0.1, 0.15) is 17.1 Å². The number of carbonyl (C=O) groups is 1. The van der Waals surface area contributed by atoms with Crippen LogP contribution in [0.5, 0.6) is 23.0 Å². The fourth-order valence-electron chi connectivity index (χ4n) is 3.04. The fraction of sp³-hybridized carbons (Fsp3) is 0.409. The molecule has 28 heavy (non-hydrogen) atoms. The second kappa shape index (κ2) is 9.88. The zero-order chi connectivity index (χ0) is 20.7. The van der Waals surface area contributed by atoms with Crippen LogP contribution in [0.4, 0.5) is 0 Å². The number of hydrogen-bond acceptors (Lipinski definition) is 5. The highest BCUT2D eigenvalue weighted by atomic mass is 16.5. The molecule has 0 unspecified atom stereocenters. The van der Waals surface area contributed by atoms with Crippen LogP contribution in [-0.2, 0) is 6.42 Å². The number of aromatic hydroxyl groups is 3. The first-order chi connectivity index (χ1) is 13.3. The molecular formula is C22H28O6. The van der Waals surface area contributed by atoms with Crippen LogP contribution in [-0.4, -0.2) is 33.0 Å². The Labute approximate surface area is 165 Å². The van der Waals surface area contributed by atoms with E-state index in [-0.39, 0.29) is 28.7 Å². The normalized spacial score (nSPS) is 11.0. The number of carboxylic acids is 1. The zero-order valence-corrected chi connectivity index (χ0v) is 16.3. The highest BCUT2D eigenvalue weighted by molar-refractivity contribution is 5.91. The first kappa shape index (κ1) is 21.4. The fourth-order valence-corrected chi connectivity index (χ4v) is 3.04. The van der Waals surface area contributed by atoms with Gasteiger partial charge in [-0.25, -0.2) is 4.79 Å². The van der Waals surface area contributed by atoms with Crippen LogP contribution in [0.3, 0.4) is 0 Å². The predicted molar refractivity (Wildman–Crippen MR) is 107 cm³/mol. The Morgan fingerprint density at radius 2 is 1.68 bits per heavy atom. The summed E-state index contributed by atoms with van der Waals surface area (Å²) in [5, 5.41) is 38.7. The number of phenols is 3. The second-order valence-electron chi connectivity index (χ2n) is 7.16. The summed E-state index contributed by atoms with van der Waals surface area (Å²) in [6.45, 7) is 4.40. The lowest BCUT2D eigenvalue weighted by molar-refractivity contribution is 0.0693. The van der Waals surface area contributed by atoms with Gasteiger partial charge in [-0.05, 0) is 48.9 Å². The molecule has 0 amide bonds. The van der Waals surface area contributed by atoms with Gasteiger partial charge in [-0.1, -0.05) is 38.8 Å². The lowest BCUT2D eigenvalue weighted by Crippen LogP contribution is -2.01. The Kier molecular flexibility index (Phi) is 7.55. The van der Waals surface area contributed by atoms with E-state index in [0.717, 1.165) is 36.8 Å². The standard InChI is InChI=1S/C22H28O6/c1-14(2)17-10-8-15(20(24)21(17)25)7-5-3-4-6-12-28-16-9-11-19(23)18(13-16)22(26)27/h8-11,13-14,23-25H,3-7,12H2,1-2H3,(H,26,27). The molecule has 0 fully saturated rings. The average molecular weight is 388 g/mol.